The summed E-state index contributed by atoms with van der Waals surface area (Å²) in [6.45, 7) is 8.21. The van der Waals surface area contributed by atoms with Gasteiger partial charge in [0.05, 0.1) is 0 Å². The molecule has 0 saturated carbocycles. The summed E-state index contributed by atoms with van der Waals surface area (Å²) in [5.74, 6) is 0. The van der Waals surface area contributed by atoms with Gasteiger partial charge in [-0.25, -0.2) is 0 Å². The Morgan fingerprint density at radius 2 is 1.89 bits per heavy atom. The molecule has 1 aromatic rings. The third-order valence-corrected chi connectivity index (χ3v) is 3.81. The molecule has 0 amide bonds. The van der Waals surface area contributed by atoms with Gasteiger partial charge in [-0.3, -0.25) is 0 Å². The van der Waals surface area contributed by atoms with E-state index in [9.17, 15) is 0 Å². The second-order valence-corrected chi connectivity index (χ2v) is 5.25. The van der Waals surface area contributed by atoms with E-state index in [0.717, 1.165) is 42.9 Å². The highest BCUT2D eigenvalue weighted by molar-refractivity contribution is 7.80. The lowest BCUT2D eigenvalue weighted by Gasteiger charge is -2.37. The lowest BCUT2D eigenvalue weighted by atomic mass is 10.2. The third-order valence-electron chi connectivity index (χ3n) is 3.16. The van der Waals surface area contributed by atoms with Crippen LogP contribution in [0, 0.1) is 0 Å². The van der Waals surface area contributed by atoms with Crippen molar-refractivity contribution in [1.29, 1.82) is 0 Å². The van der Waals surface area contributed by atoms with Crippen LogP contribution in [0.25, 0.3) is 0 Å². The van der Waals surface area contributed by atoms with Crippen LogP contribution < -0.4 is 10.2 Å². The van der Waals surface area contributed by atoms with Gasteiger partial charge in [0, 0.05) is 43.4 Å². The monoisotopic (exact) mass is 295 g/mol. The molecule has 0 aromatic heterocycles. The molecule has 2 rings (SSSR count). The van der Waals surface area contributed by atoms with Gasteiger partial charge in [-0.15, -0.1) is 6.58 Å². The van der Waals surface area contributed by atoms with E-state index in [1.54, 1.807) is 0 Å². The summed E-state index contributed by atoms with van der Waals surface area (Å²) in [6, 6.07) is 7.98. The summed E-state index contributed by atoms with van der Waals surface area (Å²) >= 11 is 11.2. The normalized spacial score (nSPS) is 15.2. The van der Waals surface area contributed by atoms with E-state index in [1.807, 2.05) is 18.2 Å². The molecular weight excluding hydrogens is 278 g/mol. The molecule has 1 saturated heterocycles. The Labute approximate surface area is 124 Å². The minimum absolute atomic E-state index is 0.718. The van der Waals surface area contributed by atoms with Crippen molar-refractivity contribution in [2.45, 2.75) is 0 Å². The van der Waals surface area contributed by atoms with Crippen molar-refractivity contribution in [3.8, 4) is 0 Å². The van der Waals surface area contributed by atoms with Crippen LogP contribution >= 0.6 is 23.8 Å². The zero-order valence-electron chi connectivity index (χ0n) is 10.8. The molecular formula is C14H18ClN3S. The van der Waals surface area contributed by atoms with Gasteiger partial charge in [0.2, 0.25) is 0 Å². The molecule has 0 radical (unpaired) electrons. The maximum atomic E-state index is 5.90. The van der Waals surface area contributed by atoms with Crippen LogP contribution in [0.3, 0.4) is 0 Å². The summed E-state index contributed by atoms with van der Waals surface area (Å²) in [5.41, 5.74) is 1.22. The van der Waals surface area contributed by atoms with Crippen LogP contribution in [0.15, 0.2) is 36.9 Å². The molecule has 0 spiro atoms. The van der Waals surface area contributed by atoms with Gasteiger partial charge < -0.3 is 15.1 Å². The molecule has 1 N–H and O–H groups in total. The fourth-order valence-electron chi connectivity index (χ4n) is 2.09. The first-order valence-corrected chi connectivity index (χ1v) is 7.13. The highest BCUT2D eigenvalue weighted by atomic mass is 35.5. The van der Waals surface area contributed by atoms with E-state index in [4.69, 9.17) is 23.8 Å². The van der Waals surface area contributed by atoms with Crippen LogP contribution in [-0.4, -0.2) is 42.7 Å². The zero-order chi connectivity index (χ0) is 13.7. The van der Waals surface area contributed by atoms with E-state index >= 15 is 0 Å². The minimum atomic E-state index is 0.718. The maximum absolute atomic E-state index is 5.90. The Bertz CT molecular complexity index is 439. The van der Waals surface area contributed by atoms with Crippen LogP contribution in [0.1, 0.15) is 0 Å². The fraction of sp³-hybridized carbons (Fsp3) is 0.357. The first-order chi connectivity index (χ1) is 9.20. The number of nitrogens with one attached hydrogen (secondary N) is 1. The average Bonchev–Trinajstić information content (AvgIpc) is 2.46. The molecule has 102 valence electrons. The summed E-state index contributed by atoms with van der Waals surface area (Å²) in [7, 11) is 0. The van der Waals surface area contributed by atoms with Gasteiger partial charge in [-0.05, 0) is 36.5 Å². The molecule has 1 aliphatic rings. The van der Waals surface area contributed by atoms with Crippen LogP contribution in [0.5, 0.6) is 0 Å². The number of anilines is 1. The Morgan fingerprint density at radius 1 is 1.26 bits per heavy atom. The van der Waals surface area contributed by atoms with Crippen LogP contribution in [0.2, 0.25) is 5.02 Å². The van der Waals surface area contributed by atoms with Gasteiger partial charge >= 0.3 is 0 Å². The maximum Gasteiger partial charge on any atom is 0.169 e. The fourth-order valence-corrected chi connectivity index (χ4v) is 2.48. The quantitative estimate of drug-likeness (QED) is 0.682. The Hall–Kier alpha value is -1.26. The van der Waals surface area contributed by atoms with Crippen molar-refractivity contribution in [2.75, 3.05) is 37.6 Å². The Kier molecular flexibility index (Phi) is 5.05. The summed E-state index contributed by atoms with van der Waals surface area (Å²) < 4.78 is 0. The number of benzene rings is 1. The van der Waals surface area contributed by atoms with E-state index in [0.29, 0.717) is 0 Å². The van der Waals surface area contributed by atoms with E-state index < -0.39 is 0 Å². The van der Waals surface area contributed by atoms with Crippen molar-refractivity contribution in [3.63, 3.8) is 0 Å². The molecule has 1 aromatic carbocycles. The predicted octanol–water partition coefficient (Wildman–Crippen LogP) is 2.52. The minimum Gasteiger partial charge on any atom is -0.368 e. The third kappa shape index (κ3) is 3.85. The van der Waals surface area contributed by atoms with Gasteiger partial charge in [0.25, 0.3) is 0 Å². The number of piperazine rings is 1. The first-order valence-electron chi connectivity index (χ1n) is 6.35. The molecule has 0 atom stereocenters. The second kappa shape index (κ2) is 6.78. The molecule has 1 heterocycles. The van der Waals surface area contributed by atoms with Crippen molar-refractivity contribution >= 4 is 34.6 Å². The number of halogens is 1. The zero-order valence-corrected chi connectivity index (χ0v) is 12.4. The van der Waals surface area contributed by atoms with E-state index in [-0.39, 0.29) is 0 Å². The molecule has 3 nitrogen and oxygen atoms in total. The molecule has 1 fully saturated rings. The lowest BCUT2D eigenvalue weighted by molar-refractivity contribution is 0.381. The molecule has 0 unspecified atom stereocenters. The van der Waals surface area contributed by atoms with Crippen LogP contribution in [0.4, 0.5) is 5.69 Å². The molecule has 1 aliphatic heterocycles. The SMILES string of the molecule is C=CCNC(=S)N1CCN(c2ccc(Cl)cc2)CC1. The lowest BCUT2D eigenvalue weighted by Crippen LogP contribution is -2.51. The predicted molar refractivity (Wildman–Crippen MR) is 86.0 cm³/mol. The number of rotatable bonds is 3. The Balaban J connectivity index is 1.86. The molecule has 0 aliphatic carbocycles. The van der Waals surface area contributed by atoms with Gasteiger partial charge in [-0.2, -0.15) is 0 Å². The number of nitrogens with zero attached hydrogens (tertiary/aromatic N) is 2. The summed E-state index contributed by atoms with van der Waals surface area (Å²) in [4.78, 5) is 4.55. The Morgan fingerprint density at radius 3 is 2.47 bits per heavy atom. The highest BCUT2D eigenvalue weighted by Gasteiger charge is 2.18. The van der Waals surface area contributed by atoms with Gasteiger partial charge in [0.15, 0.2) is 5.11 Å². The van der Waals surface area contributed by atoms with Crippen molar-refractivity contribution in [3.05, 3.63) is 41.9 Å². The smallest absolute Gasteiger partial charge is 0.169 e. The van der Waals surface area contributed by atoms with Crippen molar-refractivity contribution in [2.24, 2.45) is 0 Å². The number of hydrogen-bond donors (Lipinski definition) is 1. The summed E-state index contributed by atoms with van der Waals surface area (Å²) in [5, 5.41) is 4.76. The van der Waals surface area contributed by atoms with Crippen LogP contribution in [-0.2, 0) is 0 Å². The van der Waals surface area contributed by atoms with Crippen molar-refractivity contribution < 1.29 is 0 Å². The summed E-state index contributed by atoms with van der Waals surface area (Å²) in [6.07, 6.45) is 1.82. The number of hydrogen-bond acceptors (Lipinski definition) is 2. The van der Waals surface area contributed by atoms with E-state index in [1.165, 1.54) is 5.69 Å². The van der Waals surface area contributed by atoms with Gasteiger partial charge in [-0.1, -0.05) is 17.7 Å². The molecule has 0 bridgehead atoms. The van der Waals surface area contributed by atoms with Gasteiger partial charge in [0.1, 0.15) is 0 Å². The van der Waals surface area contributed by atoms with Crippen molar-refractivity contribution in [1.82, 2.24) is 10.2 Å². The molecule has 5 heteroatoms. The van der Waals surface area contributed by atoms with E-state index in [2.05, 4.69) is 33.8 Å². The first kappa shape index (κ1) is 14.2. The average molecular weight is 296 g/mol. The topological polar surface area (TPSA) is 18.5 Å². The number of thiocarbonyl (C=S) groups is 1. The standard InChI is InChI=1S/C14H18ClN3S/c1-2-7-16-14(19)18-10-8-17(9-11-18)13-5-3-12(15)4-6-13/h2-6H,1,7-11H2,(H,16,19). The second-order valence-electron chi connectivity index (χ2n) is 4.43. The largest absolute Gasteiger partial charge is 0.368 e. The molecule has 19 heavy (non-hydrogen) atoms. The highest BCUT2D eigenvalue weighted by Crippen LogP contribution is 2.19.